The molecule has 1 aliphatic rings. The molecule has 1 fully saturated rings. The molecule has 1 aliphatic heterocycles. The molecule has 1 aromatic heterocycles. The number of nitrogens with two attached hydrogens (primary N) is 1. The van der Waals surface area contributed by atoms with Crippen LogP contribution in [-0.2, 0) is 4.79 Å². The second-order valence-electron chi connectivity index (χ2n) is 5.26. The molecule has 2 N–H and O–H groups in total. The summed E-state index contributed by atoms with van der Waals surface area (Å²) in [6.07, 6.45) is 1.60. The van der Waals surface area contributed by atoms with E-state index in [1.165, 1.54) is 12.1 Å². The van der Waals surface area contributed by atoms with Crippen molar-refractivity contribution in [3.05, 3.63) is 29.7 Å². The standard InChI is InChI=1S/C14H15ClFN3O2/c15-13(14(17)20)19-5-3-8(4-6-19)12-10-2-1-9(16)7-11(10)21-18-12/h1-2,7-8,13H,3-6H2,(H2,17,20). The summed E-state index contributed by atoms with van der Waals surface area (Å²) in [6, 6.07) is 4.43. The highest BCUT2D eigenvalue weighted by atomic mass is 35.5. The summed E-state index contributed by atoms with van der Waals surface area (Å²) in [5.41, 5.74) is 5.74. The van der Waals surface area contributed by atoms with Gasteiger partial charge in [0.1, 0.15) is 5.82 Å². The molecule has 2 aromatic rings. The van der Waals surface area contributed by atoms with Crippen molar-refractivity contribution in [3.8, 4) is 0 Å². The van der Waals surface area contributed by atoms with Gasteiger partial charge in [0.25, 0.3) is 0 Å². The van der Waals surface area contributed by atoms with Crippen molar-refractivity contribution in [2.75, 3.05) is 13.1 Å². The number of hydrogen-bond donors (Lipinski definition) is 1. The highest BCUT2D eigenvalue weighted by Gasteiger charge is 2.29. The third kappa shape index (κ3) is 2.73. The topological polar surface area (TPSA) is 72.4 Å². The third-order valence-corrected chi connectivity index (χ3v) is 4.42. The number of halogens is 2. The minimum absolute atomic E-state index is 0.213. The Balaban J connectivity index is 1.75. The van der Waals surface area contributed by atoms with Crippen LogP contribution in [0.25, 0.3) is 11.0 Å². The van der Waals surface area contributed by atoms with Gasteiger partial charge in [-0.3, -0.25) is 9.69 Å². The largest absolute Gasteiger partial charge is 0.367 e. The highest BCUT2D eigenvalue weighted by molar-refractivity contribution is 6.30. The second-order valence-corrected chi connectivity index (χ2v) is 5.67. The number of nitrogens with zero attached hydrogens (tertiary/aromatic N) is 2. The molecule has 1 saturated heterocycles. The van der Waals surface area contributed by atoms with Crippen molar-refractivity contribution in [3.63, 3.8) is 0 Å². The van der Waals surface area contributed by atoms with E-state index in [0.717, 1.165) is 23.9 Å². The Morgan fingerprint density at radius 2 is 2.19 bits per heavy atom. The lowest BCUT2D eigenvalue weighted by Crippen LogP contribution is -2.44. The molecule has 3 rings (SSSR count). The van der Waals surface area contributed by atoms with Crippen LogP contribution in [0.15, 0.2) is 22.7 Å². The maximum atomic E-state index is 13.2. The molecule has 0 saturated carbocycles. The number of alkyl halides is 1. The number of carbonyl (C=O) groups is 1. The van der Waals surface area contributed by atoms with Gasteiger partial charge in [0.2, 0.25) is 5.91 Å². The van der Waals surface area contributed by atoms with Gasteiger partial charge in [-0.15, -0.1) is 0 Å². The molecule has 1 amide bonds. The van der Waals surface area contributed by atoms with Gasteiger partial charge in [0.15, 0.2) is 11.1 Å². The number of hydrogen-bond acceptors (Lipinski definition) is 4. The molecule has 0 radical (unpaired) electrons. The van der Waals surface area contributed by atoms with Gasteiger partial charge in [0.05, 0.1) is 5.69 Å². The van der Waals surface area contributed by atoms with Crippen LogP contribution >= 0.6 is 11.6 Å². The van der Waals surface area contributed by atoms with Crippen molar-refractivity contribution in [1.29, 1.82) is 0 Å². The van der Waals surface area contributed by atoms with E-state index >= 15 is 0 Å². The SMILES string of the molecule is NC(=O)C(Cl)N1CCC(c2noc3cc(F)ccc23)CC1. The average molecular weight is 312 g/mol. The molecule has 1 atom stereocenters. The number of aromatic nitrogens is 1. The van der Waals surface area contributed by atoms with Crippen molar-refractivity contribution in [1.82, 2.24) is 10.1 Å². The Hall–Kier alpha value is -1.66. The Kier molecular flexibility index (Phi) is 3.82. The van der Waals surface area contributed by atoms with Gasteiger partial charge in [0, 0.05) is 30.5 Å². The molecule has 2 heterocycles. The number of primary amides is 1. The number of fused-ring (bicyclic) bond motifs is 1. The van der Waals surface area contributed by atoms with Crippen LogP contribution in [0.1, 0.15) is 24.5 Å². The zero-order valence-corrected chi connectivity index (χ0v) is 12.0. The number of piperidine rings is 1. The maximum Gasteiger partial charge on any atom is 0.250 e. The summed E-state index contributed by atoms with van der Waals surface area (Å²) in [7, 11) is 0. The summed E-state index contributed by atoms with van der Waals surface area (Å²) in [5, 5.41) is 4.92. The van der Waals surface area contributed by atoms with Crippen molar-refractivity contribution >= 4 is 28.5 Å². The maximum absolute atomic E-state index is 13.2. The molecule has 0 bridgehead atoms. The first kappa shape index (κ1) is 14.3. The fourth-order valence-corrected chi connectivity index (χ4v) is 3.00. The minimum atomic E-state index is -0.769. The number of likely N-dealkylation sites (tertiary alicyclic amines) is 1. The van der Waals surface area contributed by atoms with Gasteiger partial charge >= 0.3 is 0 Å². The first-order valence-corrected chi connectivity index (χ1v) is 7.22. The minimum Gasteiger partial charge on any atom is -0.367 e. The first-order valence-electron chi connectivity index (χ1n) is 6.78. The van der Waals surface area contributed by atoms with E-state index in [4.69, 9.17) is 21.9 Å². The lowest BCUT2D eigenvalue weighted by Gasteiger charge is -2.32. The van der Waals surface area contributed by atoms with Gasteiger partial charge in [-0.1, -0.05) is 16.8 Å². The van der Waals surface area contributed by atoms with Crippen LogP contribution in [0.5, 0.6) is 0 Å². The molecule has 5 nitrogen and oxygen atoms in total. The van der Waals surface area contributed by atoms with Gasteiger partial charge in [-0.2, -0.15) is 0 Å². The van der Waals surface area contributed by atoms with E-state index in [0.29, 0.717) is 18.7 Å². The fraction of sp³-hybridized carbons (Fsp3) is 0.429. The highest BCUT2D eigenvalue weighted by Crippen LogP contribution is 2.33. The Bertz CT molecular complexity index is 667. The van der Waals surface area contributed by atoms with Crippen molar-refractivity contribution in [2.45, 2.75) is 24.3 Å². The molecule has 1 aromatic carbocycles. The zero-order valence-electron chi connectivity index (χ0n) is 11.3. The Morgan fingerprint density at radius 3 is 2.86 bits per heavy atom. The van der Waals surface area contributed by atoms with E-state index in [2.05, 4.69) is 5.16 Å². The van der Waals surface area contributed by atoms with Crippen LogP contribution in [0.3, 0.4) is 0 Å². The van der Waals surface area contributed by atoms with Crippen LogP contribution < -0.4 is 5.73 Å². The molecule has 1 unspecified atom stereocenters. The molecule has 112 valence electrons. The van der Waals surface area contributed by atoms with E-state index in [-0.39, 0.29) is 11.7 Å². The second kappa shape index (κ2) is 5.61. The molecule has 0 aliphatic carbocycles. The fourth-order valence-electron chi connectivity index (χ4n) is 2.80. The first-order chi connectivity index (χ1) is 10.1. The quantitative estimate of drug-likeness (QED) is 0.696. The smallest absolute Gasteiger partial charge is 0.250 e. The normalized spacial score (nSPS) is 19.0. The van der Waals surface area contributed by atoms with E-state index < -0.39 is 11.4 Å². The predicted octanol–water partition coefficient (Wildman–Crippen LogP) is 2.20. The van der Waals surface area contributed by atoms with Crippen LogP contribution in [0, 0.1) is 5.82 Å². The van der Waals surface area contributed by atoms with Gasteiger partial charge in [-0.05, 0) is 25.0 Å². The molecule has 21 heavy (non-hydrogen) atoms. The van der Waals surface area contributed by atoms with E-state index in [9.17, 15) is 9.18 Å². The monoisotopic (exact) mass is 311 g/mol. The molecule has 0 spiro atoms. The Morgan fingerprint density at radius 1 is 1.48 bits per heavy atom. The molecular weight excluding hydrogens is 297 g/mol. The lowest BCUT2D eigenvalue weighted by molar-refractivity contribution is -0.120. The number of rotatable bonds is 3. The molecular formula is C14H15ClFN3O2. The summed E-state index contributed by atoms with van der Waals surface area (Å²) in [5.74, 6) is -0.659. The van der Waals surface area contributed by atoms with Gasteiger partial charge < -0.3 is 10.3 Å². The number of benzene rings is 1. The summed E-state index contributed by atoms with van der Waals surface area (Å²) in [6.45, 7) is 1.33. The third-order valence-electron chi connectivity index (χ3n) is 3.93. The lowest BCUT2D eigenvalue weighted by atomic mass is 9.91. The number of amides is 1. The summed E-state index contributed by atoms with van der Waals surface area (Å²) in [4.78, 5) is 13.0. The average Bonchev–Trinajstić information content (AvgIpc) is 2.89. The zero-order chi connectivity index (χ0) is 15.0. The van der Waals surface area contributed by atoms with E-state index in [1.54, 1.807) is 6.07 Å². The van der Waals surface area contributed by atoms with Crippen LogP contribution in [0.4, 0.5) is 4.39 Å². The Labute approximate surface area is 125 Å². The van der Waals surface area contributed by atoms with Crippen LogP contribution in [-0.4, -0.2) is 34.6 Å². The predicted molar refractivity (Wildman–Crippen MR) is 76.4 cm³/mol. The number of carbonyl (C=O) groups excluding carboxylic acids is 1. The van der Waals surface area contributed by atoms with Crippen LogP contribution in [0.2, 0.25) is 0 Å². The van der Waals surface area contributed by atoms with Crippen molar-refractivity contribution in [2.24, 2.45) is 5.73 Å². The summed E-state index contributed by atoms with van der Waals surface area (Å²) >= 11 is 5.96. The van der Waals surface area contributed by atoms with Crippen molar-refractivity contribution < 1.29 is 13.7 Å². The van der Waals surface area contributed by atoms with E-state index in [1.807, 2.05) is 4.90 Å². The summed E-state index contributed by atoms with van der Waals surface area (Å²) < 4.78 is 18.3. The van der Waals surface area contributed by atoms with Gasteiger partial charge in [-0.25, -0.2) is 4.39 Å². The molecule has 7 heteroatoms.